The van der Waals surface area contributed by atoms with E-state index in [4.69, 9.17) is 9.84 Å². The van der Waals surface area contributed by atoms with Crippen LogP contribution in [0, 0.1) is 5.92 Å². The number of nitrogens with one attached hydrogen (secondary N) is 1. The molecule has 1 atom stereocenters. The second-order valence-corrected chi connectivity index (χ2v) is 3.98. The number of hydrogen-bond acceptors (Lipinski definition) is 3. The Labute approximate surface area is 100 Å². The van der Waals surface area contributed by atoms with Gasteiger partial charge in [0.15, 0.2) is 0 Å². The lowest BCUT2D eigenvalue weighted by Crippen LogP contribution is -2.44. The van der Waals surface area contributed by atoms with Gasteiger partial charge in [-0.2, -0.15) is 0 Å². The van der Waals surface area contributed by atoms with Crippen molar-refractivity contribution < 1.29 is 19.4 Å². The predicted molar refractivity (Wildman–Crippen MR) is 61.7 cm³/mol. The van der Waals surface area contributed by atoms with Gasteiger partial charge in [0.25, 0.3) is 0 Å². The number of carbonyl (C=O) groups excluding carboxylic acids is 1. The Morgan fingerprint density at radius 3 is 2.88 bits per heavy atom. The van der Waals surface area contributed by atoms with Crippen molar-refractivity contribution in [3.63, 3.8) is 0 Å². The molecule has 6 nitrogen and oxygen atoms in total. The maximum absolute atomic E-state index is 11.7. The first-order valence-electron chi connectivity index (χ1n) is 5.56. The van der Waals surface area contributed by atoms with Crippen molar-refractivity contribution in [1.29, 1.82) is 0 Å². The molecule has 0 aliphatic carbocycles. The fourth-order valence-corrected chi connectivity index (χ4v) is 1.63. The number of rotatable bonds is 6. The van der Waals surface area contributed by atoms with E-state index >= 15 is 0 Å². The zero-order chi connectivity index (χ0) is 12.7. The van der Waals surface area contributed by atoms with Crippen LogP contribution in [-0.4, -0.2) is 54.9 Å². The van der Waals surface area contributed by atoms with Crippen molar-refractivity contribution in [2.45, 2.75) is 6.42 Å². The minimum Gasteiger partial charge on any atom is -0.480 e. The summed E-state index contributed by atoms with van der Waals surface area (Å²) in [6.45, 7) is 5.30. The zero-order valence-corrected chi connectivity index (χ0v) is 9.72. The van der Waals surface area contributed by atoms with E-state index in [9.17, 15) is 9.59 Å². The van der Waals surface area contributed by atoms with Gasteiger partial charge >= 0.3 is 12.0 Å². The van der Waals surface area contributed by atoms with E-state index in [1.54, 1.807) is 0 Å². The zero-order valence-electron chi connectivity index (χ0n) is 9.72. The van der Waals surface area contributed by atoms with E-state index in [0.29, 0.717) is 19.1 Å². The molecule has 6 heteroatoms. The minimum atomic E-state index is -1.04. The molecule has 0 aromatic carbocycles. The van der Waals surface area contributed by atoms with E-state index in [2.05, 4.69) is 11.9 Å². The van der Waals surface area contributed by atoms with Crippen LogP contribution in [0.25, 0.3) is 0 Å². The molecule has 1 aliphatic heterocycles. The highest BCUT2D eigenvalue weighted by Crippen LogP contribution is 2.10. The number of aliphatic carboxylic acids is 1. The Morgan fingerprint density at radius 1 is 1.59 bits per heavy atom. The first kappa shape index (κ1) is 13.5. The Balaban J connectivity index is 2.35. The third-order valence-corrected chi connectivity index (χ3v) is 2.53. The van der Waals surface area contributed by atoms with E-state index < -0.39 is 5.97 Å². The Kier molecular flexibility index (Phi) is 5.48. The first-order chi connectivity index (χ1) is 8.13. The van der Waals surface area contributed by atoms with Gasteiger partial charge in [0, 0.05) is 25.6 Å². The lowest BCUT2D eigenvalue weighted by atomic mass is 10.1. The summed E-state index contributed by atoms with van der Waals surface area (Å²) in [5.74, 6) is -0.708. The number of nitrogens with zero attached hydrogens (tertiary/aromatic N) is 1. The van der Waals surface area contributed by atoms with E-state index in [0.717, 1.165) is 13.0 Å². The van der Waals surface area contributed by atoms with Gasteiger partial charge in [-0.1, -0.05) is 6.08 Å². The van der Waals surface area contributed by atoms with Crippen molar-refractivity contribution in [2.24, 2.45) is 5.92 Å². The third kappa shape index (κ3) is 4.86. The molecule has 0 aromatic rings. The van der Waals surface area contributed by atoms with Crippen molar-refractivity contribution in [1.82, 2.24) is 10.2 Å². The SMILES string of the molecule is C=CCN(CC(=O)O)C(=O)NCC1CCOC1. The fourth-order valence-electron chi connectivity index (χ4n) is 1.63. The van der Waals surface area contributed by atoms with E-state index in [1.165, 1.54) is 11.0 Å². The average Bonchev–Trinajstić information content (AvgIpc) is 2.77. The molecular formula is C11H18N2O4. The number of carbonyl (C=O) groups is 2. The summed E-state index contributed by atoms with van der Waals surface area (Å²) in [7, 11) is 0. The molecule has 1 fully saturated rings. The molecule has 0 saturated carbocycles. The van der Waals surface area contributed by atoms with Crippen molar-refractivity contribution in [3.8, 4) is 0 Å². The number of urea groups is 1. The van der Waals surface area contributed by atoms with Crippen LogP contribution in [-0.2, 0) is 9.53 Å². The molecule has 1 saturated heterocycles. The van der Waals surface area contributed by atoms with Crippen LogP contribution < -0.4 is 5.32 Å². The van der Waals surface area contributed by atoms with Crippen LogP contribution in [0.4, 0.5) is 4.79 Å². The molecule has 17 heavy (non-hydrogen) atoms. The fraction of sp³-hybridized carbons (Fsp3) is 0.636. The topological polar surface area (TPSA) is 78.9 Å². The van der Waals surface area contributed by atoms with Crippen LogP contribution in [0.1, 0.15) is 6.42 Å². The second kappa shape index (κ2) is 6.90. The molecule has 0 radical (unpaired) electrons. The number of amides is 2. The molecule has 1 aliphatic rings. The molecular weight excluding hydrogens is 224 g/mol. The summed E-state index contributed by atoms with van der Waals surface area (Å²) in [6.07, 6.45) is 2.43. The molecule has 1 heterocycles. The summed E-state index contributed by atoms with van der Waals surface area (Å²) in [5.41, 5.74) is 0. The van der Waals surface area contributed by atoms with Crippen LogP contribution in [0.15, 0.2) is 12.7 Å². The average molecular weight is 242 g/mol. The lowest BCUT2D eigenvalue weighted by molar-refractivity contribution is -0.137. The van der Waals surface area contributed by atoms with Crippen molar-refractivity contribution in [3.05, 3.63) is 12.7 Å². The summed E-state index contributed by atoms with van der Waals surface area (Å²) >= 11 is 0. The highest BCUT2D eigenvalue weighted by molar-refractivity contribution is 5.80. The number of carboxylic acid groups (broad SMARTS) is 1. The molecule has 0 spiro atoms. The minimum absolute atomic E-state index is 0.222. The summed E-state index contributed by atoms with van der Waals surface area (Å²) in [4.78, 5) is 23.5. The summed E-state index contributed by atoms with van der Waals surface area (Å²) in [5, 5.41) is 11.4. The molecule has 96 valence electrons. The van der Waals surface area contributed by atoms with Gasteiger partial charge in [0.1, 0.15) is 6.54 Å². The van der Waals surface area contributed by atoms with Crippen molar-refractivity contribution >= 4 is 12.0 Å². The lowest BCUT2D eigenvalue weighted by Gasteiger charge is -2.20. The van der Waals surface area contributed by atoms with Gasteiger partial charge in [-0.25, -0.2) is 4.79 Å². The van der Waals surface area contributed by atoms with Gasteiger partial charge < -0.3 is 20.1 Å². The van der Waals surface area contributed by atoms with Crippen LogP contribution in [0.2, 0.25) is 0 Å². The molecule has 1 rings (SSSR count). The molecule has 2 amide bonds. The smallest absolute Gasteiger partial charge is 0.323 e. The van der Waals surface area contributed by atoms with E-state index in [1.807, 2.05) is 0 Å². The van der Waals surface area contributed by atoms with Crippen LogP contribution >= 0.6 is 0 Å². The predicted octanol–water partition coefficient (Wildman–Crippen LogP) is 0.305. The molecule has 0 bridgehead atoms. The second-order valence-electron chi connectivity index (χ2n) is 3.98. The maximum Gasteiger partial charge on any atom is 0.323 e. The van der Waals surface area contributed by atoms with Gasteiger partial charge in [0.05, 0.1) is 6.61 Å². The van der Waals surface area contributed by atoms with E-state index in [-0.39, 0.29) is 19.1 Å². The van der Waals surface area contributed by atoms with Crippen LogP contribution in [0.3, 0.4) is 0 Å². The normalized spacial score (nSPS) is 18.7. The number of ether oxygens (including phenoxy) is 1. The first-order valence-corrected chi connectivity index (χ1v) is 5.56. The van der Waals surface area contributed by atoms with Gasteiger partial charge in [0.2, 0.25) is 0 Å². The van der Waals surface area contributed by atoms with Gasteiger partial charge in [-0.15, -0.1) is 6.58 Å². The molecule has 2 N–H and O–H groups in total. The standard InChI is InChI=1S/C11H18N2O4/c1-2-4-13(7-10(14)15)11(16)12-6-9-3-5-17-8-9/h2,9H,1,3-8H2,(H,12,16)(H,14,15). The van der Waals surface area contributed by atoms with Gasteiger partial charge in [-0.05, 0) is 6.42 Å². The number of carboxylic acids is 1. The Hall–Kier alpha value is -1.56. The molecule has 0 aromatic heterocycles. The van der Waals surface area contributed by atoms with Crippen molar-refractivity contribution in [2.75, 3.05) is 32.8 Å². The highest BCUT2D eigenvalue weighted by atomic mass is 16.5. The quantitative estimate of drug-likeness (QED) is 0.657. The highest BCUT2D eigenvalue weighted by Gasteiger charge is 2.19. The Bertz CT molecular complexity index is 287. The molecule has 1 unspecified atom stereocenters. The Morgan fingerprint density at radius 2 is 2.35 bits per heavy atom. The van der Waals surface area contributed by atoms with Gasteiger partial charge in [-0.3, -0.25) is 4.79 Å². The third-order valence-electron chi connectivity index (χ3n) is 2.53. The van der Waals surface area contributed by atoms with Crippen LogP contribution in [0.5, 0.6) is 0 Å². The summed E-state index contributed by atoms with van der Waals surface area (Å²) in [6, 6.07) is -0.376. The monoisotopic (exact) mass is 242 g/mol. The number of hydrogen-bond donors (Lipinski definition) is 2. The largest absolute Gasteiger partial charge is 0.480 e. The summed E-state index contributed by atoms with van der Waals surface area (Å²) < 4.78 is 5.19. The maximum atomic E-state index is 11.7.